The van der Waals surface area contributed by atoms with E-state index in [2.05, 4.69) is 50.2 Å². The topological polar surface area (TPSA) is 63.1 Å². The minimum atomic E-state index is 0. The first kappa shape index (κ1) is 24.1. The number of pyridine rings is 1. The lowest BCUT2D eigenvalue weighted by Gasteiger charge is -2.34. The molecule has 1 fully saturated rings. The summed E-state index contributed by atoms with van der Waals surface area (Å²) in [5, 5.41) is 8.70. The molecule has 30 heavy (non-hydrogen) atoms. The number of nitrogens with one attached hydrogen (secondary N) is 1. The number of fused-ring (bicyclic) bond motifs is 1. The molecule has 1 N–H and O–H groups in total. The molecule has 6 nitrogen and oxygen atoms in total. The second-order valence-electron chi connectivity index (χ2n) is 7.84. The van der Waals surface area contributed by atoms with E-state index in [1.807, 2.05) is 27.8 Å². The fourth-order valence-electron chi connectivity index (χ4n) is 3.87. The van der Waals surface area contributed by atoms with Crippen molar-refractivity contribution in [1.82, 2.24) is 25.0 Å². The minimum Gasteiger partial charge on any atom is -0.333 e. The summed E-state index contributed by atoms with van der Waals surface area (Å²) >= 11 is 0. The van der Waals surface area contributed by atoms with Crippen LogP contribution in [0.2, 0.25) is 0 Å². The van der Waals surface area contributed by atoms with Gasteiger partial charge in [-0.25, -0.2) is 9.67 Å². The van der Waals surface area contributed by atoms with Crippen molar-refractivity contribution in [2.45, 2.75) is 39.8 Å². The molecule has 0 saturated carbocycles. The van der Waals surface area contributed by atoms with Crippen LogP contribution >= 0.6 is 24.8 Å². The number of aryl methyl sites for hydroxylation is 1. The third-order valence-electron chi connectivity index (χ3n) is 5.47. The molecule has 0 aliphatic carbocycles. The molecule has 3 aromatic rings. The molecule has 1 aromatic carbocycles. The zero-order valence-corrected chi connectivity index (χ0v) is 19.4. The van der Waals surface area contributed by atoms with Gasteiger partial charge in [0, 0.05) is 37.3 Å². The van der Waals surface area contributed by atoms with Gasteiger partial charge in [0.2, 0.25) is 0 Å². The van der Waals surface area contributed by atoms with Gasteiger partial charge in [-0.3, -0.25) is 4.79 Å². The first-order chi connectivity index (χ1) is 13.5. The summed E-state index contributed by atoms with van der Waals surface area (Å²) in [5.74, 6) is 0.0551. The van der Waals surface area contributed by atoms with Crippen LogP contribution in [0.15, 0.2) is 36.5 Å². The van der Waals surface area contributed by atoms with E-state index < -0.39 is 0 Å². The highest BCUT2D eigenvalue weighted by atomic mass is 35.5. The smallest absolute Gasteiger partial charge is 0.255 e. The molecule has 1 aliphatic heterocycles. The Morgan fingerprint density at radius 3 is 2.63 bits per heavy atom. The van der Waals surface area contributed by atoms with Gasteiger partial charge in [0.25, 0.3) is 5.91 Å². The summed E-state index contributed by atoms with van der Waals surface area (Å²) in [7, 11) is 0. The number of hydrogen-bond acceptors (Lipinski definition) is 4. The van der Waals surface area contributed by atoms with Crippen molar-refractivity contribution in [1.29, 1.82) is 0 Å². The van der Waals surface area contributed by atoms with Crippen molar-refractivity contribution in [2.75, 3.05) is 19.6 Å². The average Bonchev–Trinajstić information content (AvgIpc) is 3.12. The van der Waals surface area contributed by atoms with Crippen LogP contribution in [0.25, 0.3) is 22.3 Å². The molecule has 1 saturated heterocycles. The molecular formula is C22H29Cl2N5O. The third kappa shape index (κ3) is 4.31. The quantitative estimate of drug-likeness (QED) is 0.648. The highest BCUT2D eigenvalue weighted by Gasteiger charge is 2.27. The highest BCUT2D eigenvalue weighted by Crippen LogP contribution is 2.29. The van der Waals surface area contributed by atoms with Gasteiger partial charge in [-0.1, -0.05) is 24.3 Å². The van der Waals surface area contributed by atoms with Gasteiger partial charge in [-0.2, -0.15) is 5.10 Å². The summed E-state index contributed by atoms with van der Waals surface area (Å²) in [5.41, 5.74) is 4.45. The van der Waals surface area contributed by atoms with Crippen molar-refractivity contribution in [3.8, 4) is 11.3 Å². The van der Waals surface area contributed by atoms with Gasteiger partial charge < -0.3 is 10.2 Å². The highest BCUT2D eigenvalue weighted by molar-refractivity contribution is 6.06. The Morgan fingerprint density at radius 1 is 1.23 bits per heavy atom. The van der Waals surface area contributed by atoms with Crippen molar-refractivity contribution in [3.63, 3.8) is 0 Å². The number of nitrogens with zero attached hydrogens (tertiary/aromatic N) is 4. The van der Waals surface area contributed by atoms with Gasteiger partial charge in [-0.15, -0.1) is 24.8 Å². The number of carbonyl (C=O) groups excluding carboxylic acids is 1. The van der Waals surface area contributed by atoms with Crippen LogP contribution in [-0.4, -0.2) is 51.2 Å². The van der Waals surface area contributed by atoms with E-state index in [4.69, 9.17) is 4.98 Å². The largest absolute Gasteiger partial charge is 0.333 e. The summed E-state index contributed by atoms with van der Waals surface area (Å²) in [6.07, 6.45) is 1.78. The fourth-order valence-corrected chi connectivity index (χ4v) is 3.87. The van der Waals surface area contributed by atoms with E-state index in [1.54, 1.807) is 6.20 Å². The summed E-state index contributed by atoms with van der Waals surface area (Å²) in [4.78, 5) is 20.4. The molecule has 162 valence electrons. The molecule has 2 aromatic heterocycles. The summed E-state index contributed by atoms with van der Waals surface area (Å²) in [6, 6.07) is 10.4. The Kier molecular flexibility index (Phi) is 7.86. The van der Waals surface area contributed by atoms with E-state index in [0.29, 0.717) is 12.1 Å². The molecule has 0 spiro atoms. The van der Waals surface area contributed by atoms with Gasteiger partial charge in [0.1, 0.15) is 0 Å². The lowest BCUT2D eigenvalue weighted by molar-refractivity contribution is 0.0658. The molecule has 0 bridgehead atoms. The first-order valence-corrected chi connectivity index (χ1v) is 9.93. The predicted molar refractivity (Wildman–Crippen MR) is 126 cm³/mol. The van der Waals surface area contributed by atoms with Crippen LogP contribution in [0.3, 0.4) is 0 Å². The molecule has 1 atom stereocenters. The van der Waals surface area contributed by atoms with Crippen LogP contribution in [0.5, 0.6) is 0 Å². The Bertz CT molecular complexity index is 1030. The molecule has 0 radical (unpaired) electrons. The van der Waals surface area contributed by atoms with Crippen molar-refractivity contribution >= 4 is 41.8 Å². The minimum absolute atomic E-state index is 0. The maximum Gasteiger partial charge on any atom is 0.255 e. The van der Waals surface area contributed by atoms with Crippen LogP contribution < -0.4 is 5.32 Å². The van der Waals surface area contributed by atoms with Crippen molar-refractivity contribution in [3.05, 3.63) is 47.7 Å². The van der Waals surface area contributed by atoms with E-state index in [-0.39, 0.29) is 42.8 Å². The third-order valence-corrected chi connectivity index (χ3v) is 5.47. The Balaban J connectivity index is 0.00000160. The maximum atomic E-state index is 13.5. The molecule has 1 amide bonds. The second-order valence-corrected chi connectivity index (χ2v) is 7.84. The fraction of sp³-hybridized carbons (Fsp3) is 0.409. The monoisotopic (exact) mass is 449 g/mol. The van der Waals surface area contributed by atoms with Gasteiger partial charge in [-0.05, 0) is 39.3 Å². The van der Waals surface area contributed by atoms with Crippen molar-refractivity contribution in [2.24, 2.45) is 0 Å². The standard InChI is InChI=1S/C22H27N5O.2ClH/c1-14(2)27-21-19(13-24-27)18(22(28)26-10-9-23-12-16(26)4)11-20(25-21)17-8-6-5-7-15(17)3;;/h5-8,11,13-14,16,23H,9-10,12H2,1-4H3;2*1H. The zero-order chi connectivity index (χ0) is 19.8. The van der Waals surface area contributed by atoms with Crippen LogP contribution in [-0.2, 0) is 0 Å². The van der Waals surface area contributed by atoms with E-state index in [0.717, 1.165) is 40.9 Å². The second kappa shape index (κ2) is 9.77. The normalized spacial score (nSPS) is 16.3. The number of amides is 1. The summed E-state index contributed by atoms with van der Waals surface area (Å²) < 4.78 is 1.90. The van der Waals surface area contributed by atoms with Crippen LogP contribution in [0.1, 0.15) is 42.7 Å². The van der Waals surface area contributed by atoms with Gasteiger partial charge >= 0.3 is 0 Å². The van der Waals surface area contributed by atoms with Crippen LogP contribution in [0.4, 0.5) is 0 Å². The van der Waals surface area contributed by atoms with E-state index >= 15 is 0 Å². The molecular weight excluding hydrogens is 421 g/mol. The maximum absolute atomic E-state index is 13.5. The lowest BCUT2D eigenvalue weighted by atomic mass is 10.0. The Morgan fingerprint density at radius 2 is 1.97 bits per heavy atom. The predicted octanol–water partition coefficient (Wildman–Crippen LogP) is 4.27. The SMILES string of the molecule is Cc1ccccc1-c1cc(C(=O)N2CCNCC2C)c2cnn(C(C)C)c2n1.Cl.Cl. The number of hydrogen-bond donors (Lipinski definition) is 1. The summed E-state index contributed by atoms with van der Waals surface area (Å²) in [6.45, 7) is 10.7. The Hall–Kier alpha value is -2.15. The molecule has 1 aliphatic rings. The number of piperazine rings is 1. The Labute approximate surface area is 189 Å². The molecule has 3 heterocycles. The van der Waals surface area contributed by atoms with Crippen LogP contribution in [0, 0.1) is 6.92 Å². The lowest BCUT2D eigenvalue weighted by Crippen LogP contribution is -2.52. The number of halogens is 2. The van der Waals surface area contributed by atoms with Gasteiger partial charge in [0.05, 0.1) is 22.8 Å². The molecule has 8 heteroatoms. The molecule has 4 rings (SSSR count). The van der Waals surface area contributed by atoms with E-state index in [9.17, 15) is 4.79 Å². The average molecular weight is 450 g/mol. The number of carbonyl (C=O) groups is 1. The number of benzene rings is 1. The van der Waals surface area contributed by atoms with Gasteiger partial charge in [0.15, 0.2) is 5.65 Å². The van der Waals surface area contributed by atoms with E-state index in [1.165, 1.54) is 0 Å². The zero-order valence-electron chi connectivity index (χ0n) is 17.8. The number of aromatic nitrogens is 3. The molecule has 1 unspecified atom stereocenters. The first-order valence-electron chi connectivity index (χ1n) is 9.93. The van der Waals surface area contributed by atoms with Crippen molar-refractivity contribution < 1.29 is 4.79 Å². The number of rotatable bonds is 3.